The molecule has 3 atom stereocenters. The lowest BCUT2D eigenvalue weighted by Gasteiger charge is -2.15. The largest absolute Gasteiger partial charge is 0.401 e. The van der Waals surface area contributed by atoms with Crippen LogP contribution in [-0.4, -0.2) is 49.5 Å². The number of nitrogens with zero attached hydrogens (tertiary/aromatic N) is 4. The van der Waals surface area contributed by atoms with Crippen molar-refractivity contribution in [1.82, 2.24) is 19.5 Å². The lowest BCUT2D eigenvalue weighted by Crippen LogP contribution is -2.17. The molecule has 140 valence electrons. The van der Waals surface area contributed by atoms with Crippen LogP contribution in [-0.2, 0) is 4.74 Å². The Morgan fingerprint density at radius 2 is 2.15 bits per heavy atom. The summed E-state index contributed by atoms with van der Waals surface area (Å²) in [7, 11) is 0. The van der Waals surface area contributed by atoms with E-state index in [0.717, 1.165) is 0 Å². The maximum Gasteiger partial charge on any atom is 0.344 e. The number of carbonyl (C=O) groups is 1. The van der Waals surface area contributed by atoms with E-state index < -0.39 is 24.5 Å². The maximum atomic E-state index is 14.3. The molecule has 0 aliphatic carbocycles. The normalized spacial score (nSPS) is 22.2. The maximum absolute atomic E-state index is 14.3. The van der Waals surface area contributed by atoms with Crippen molar-refractivity contribution in [3.05, 3.63) is 42.2 Å². The van der Waals surface area contributed by atoms with Crippen LogP contribution in [0.2, 0.25) is 0 Å². The van der Waals surface area contributed by atoms with Crippen LogP contribution in [0.5, 0.6) is 5.88 Å². The minimum Gasteiger partial charge on any atom is -0.401 e. The van der Waals surface area contributed by atoms with Crippen molar-refractivity contribution in [2.45, 2.75) is 24.9 Å². The Hall–Kier alpha value is -3.11. The van der Waals surface area contributed by atoms with Gasteiger partial charge in [-0.15, -0.1) is 0 Å². The number of carbonyl (C=O) groups excluding carboxylic acids is 1. The zero-order chi connectivity index (χ0) is 19.0. The Morgan fingerprint density at radius 1 is 1.37 bits per heavy atom. The number of alkyl halides is 1. The first kappa shape index (κ1) is 17.3. The first-order chi connectivity index (χ1) is 13.1. The lowest BCUT2D eigenvalue weighted by molar-refractivity contribution is -0.0351. The number of imidazole rings is 1. The number of halogens is 1. The van der Waals surface area contributed by atoms with Gasteiger partial charge in [-0.25, -0.2) is 14.2 Å². The highest BCUT2D eigenvalue weighted by Gasteiger charge is 2.37. The summed E-state index contributed by atoms with van der Waals surface area (Å²) in [5.41, 5.74) is 6.38. The van der Waals surface area contributed by atoms with Crippen LogP contribution in [0.4, 0.5) is 10.3 Å². The van der Waals surface area contributed by atoms with Gasteiger partial charge in [0.05, 0.1) is 24.6 Å². The van der Waals surface area contributed by atoms with Crippen molar-refractivity contribution < 1.29 is 23.8 Å². The van der Waals surface area contributed by atoms with E-state index in [9.17, 15) is 14.3 Å². The number of aliphatic hydroxyl groups excluding tert-OH is 1. The van der Waals surface area contributed by atoms with E-state index >= 15 is 0 Å². The molecule has 1 fully saturated rings. The molecular weight excluding hydrogens is 357 g/mol. The summed E-state index contributed by atoms with van der Waals surface area (Å²) in [6, 6.07) is 8.36. The highest BCUT2D eigenvalue weighted by molar-refractivity contribution is 5.92. The van der Waals surface area contributed by atoms with Gasteiger partial charge in [0, 0.05) is 6.42 Å². The number of hydrogen-bond donors (Lipinski definition) is 2. The second-order valence-corrected chi connectivity index (χ2v) is 6.05. The second kappa shape index (κ2) is 6.89. The minimum atomic E-state index is -1.36. The summed E-state index contributed by atoms with van der Waals surface area (Å²) in [4.78, 5) is 24.4. The van der Waals surface area contributed by atoms with Gasteiger partial charge in [0.1, 0.15) is 6.17 Å². The Balaban J connectivity index is 1.69. The summed E-state index contributed by atoms with van der Waals surface area (Å²) < 4.78 is 26.5. The van der Waals surface area contributed by atoms with Crippen molar-refractivity contribution in [2.24, 2.45) is 0 Å². The molecule has 0 radical (unpaired) electrons. The number of benzene rings is 1. The van der Waals surface area contributed by atoms with Crippen molar-refractivity contribution in [3.8, 4) is 5.88 Å². The van der Waals surface area contributed by atoms with E-state index in [4.69, 9.17) is 15.2 Å². The SMILES string of the molecule is Nc1nc(OC(=O)c2ccccc2)c2ncn([C@@H]3O[C@H](CO)C[C@H]3F)c2n1. The molecule has 0 bridgehead atoms. The average molecular weight is 373 g/mol. The Kier molecular flexibility index (Phi) is 4.42. The number of anilines is 1. The molecule has 3 heterocycles. The third-order valence-electron chi connectivity index (χ3n) is 4.21. The fourth-order valence-electron chi connectivity index (χ4n) is 2.95. The predicted octanol–water partition coefficient (Wildman–Crippen LogP) is 1.25. The second-order valence-electron chi connectivity index (χ2n) is 6.05. The van der Waals surface area contributed by atoms with Gasteiger partial charge < -0.3 is 20.3 Å². The number of hydrogen-bond acceptors (Lipinski definition) is 8. The van der Waals surface area contributed by atoms with Gasteiger partial charge in [0.15, 0.2) is 17.4 Å². The Morgan fingerprint density at radius 3 is 2.85 bits per heavy atom. The molecule has 0 unspecified atom stereocenters. The van der Waals surface area contributed by atoms with E-state index in [-0.39, 0.29) is 36.0 Å². The standard InChI is InChI=1S/C17H16FN5O4/c18-11-6-10(7-24)26-15(11)23-8-20-12-13(23)21-17(19)22-14(12)27-16(25)9-4-2-1-3-5-9/h1-5,8,10-11,15,24H,6-7H2,(H2,19,21,22)/t10-,11+,15+/m0/s1. The third kappa shape index (κ3) is 3.20. The van der Waals surface area contributed by atoms with Crippen molar-refractivity contribution in [2.75, 3.05) is 12.3 Å². The highest BCUT2D eigenvalue weighted by Crippen LogP contribution is 2.34. The summed E-state index contributed by atoms with van der Waals surface area (Å²) in [5.74, 6) is -0.921. The monoisotopic (exact) mass is 373 g/mol. The van der Waals surface area contributed by atoms with Gasteiger partial charge in [0.2, 0.25) is 5.95 Å². The van der Waals surface area contributed by atoms with E-state index in [2.05, 4.69) is 15.0 Å². The third-order valence-corrected chi connectivity index (χ3v) is 4.21. The zero-order valence-electron chi connectivity index (χ0n) is 14.0. The van der Waals surface area contributed by atoms with Crippen LogP contribution in [0.1, 0.15) is 23.0 Å². The van der Waals surface area contributed by atoms with Crippen LogP contribution in [0.15, 0.2) is 36.7 Å². The summed E-state index contributed by atoms with van der Waals surface area (Å²) in [6.45, 7) is -0.291. The van der Waals surface area contributed by atoms with E-state index in [1.54, 1.807) is 30.3 Å². The Bertz CT molecular complexity index is 980. The van der Waals surface area contributed by atoms with Crippen LogP contribution in [0.3, 0.4) is 0 Å². The molecule has 0 amide bonds. The Labute approximate surface area is 152 Å². The van der Waals surface area contributed by atoms with E-state index in [1.165, 1.54) is 10.9 Å². The molecule has 27 heavy (non-hydrogen) atoms. The molecule has 9 nitrogen and oxygen atoms in total. The molecule has 10 heteroatoms. The molecule has 1 saturated heterocycles. The van der Waals surface area contributed by atoms with Gasteiger partial charge in [-0.2, -0.15) is 9.97 Å². The number of rotatable bonds is 4. The average Bonchev–Trinajstić information content (AvgIpc) is 3.25. The van der Waals surface area contributed by atoms with E-state index in [0.29, 0.717) is 5.56 Å². The van der Waals surface area contributed by atoms with E-state index in [1.807, 2.05) is 0 Å². The van der Waals surface area contributed by atoms with Crippen molar-refractivity contribution in [3.63, 3.8) is 0 Å². The van der Waals surface area contributed by atoms with Gasteiger partial charge in [-0.1, -0.05) is 18.2 Å². The molecule has 1 aliphatic rings. The number of fused-ring (bicyclic) bond motifs is 1. The molecular formula is C17H16FN5O4. The predicted molar refractivity (Wildman–Crippen MR) is 91.6 cm³/mol. The minimum absolute atomic E-state index is 0.0528. The van der Waals surface area contributed by atoms with Crippen LogP contribution >= 0.6 is 0 Å². The van der Waals surface area contributed by atoms with Gasteiger partial charge in [-0.3, -0.25) is 4.57 Å². The van der Waals surface area contributed by atoms with Crippen LogP contribution < -0.4 is 10.5 Å². The van der Waals surface area contributed by atoms with Gasteiger partial charge in [-0.05, 0) is 12.1 Å². The van der Waals surface area contributed by atoms with Crippen molar-refractivity contribution in [1.29, 1.82) is 0 Å². The molecule has 0 saturated carbocycles. The molecule has 2 aromatic heterocycles. The number of nitrogen functional groups attached to an aromatic ring is 1. The molecule has 1 aliphatic heterocycles. The van der Waals surface area contributed by atoms with Crippen LogP contribution in [0, 0.1) is 0 Å². The topological polar surface area (TPSA) is 125 Å². The zero-order valence-corrected chi connectivity index (χ0v) is 14.0. The summed E-state index contributed by atoms with van der Waals surface area (Å²) in [5, 5.41) is 9.19. The van der Waals surface area contributed by atoms with Gasteiger partial charge in [0.25, 0.3) is 5.88 Å². The quantitative estimate of drug-likeness (QED) is 0.655. The van der Waals surface area contributed by atoms with Crippen LogP contribution in [0.25, 0.3) is 11.2 Å². The molecule has 0 spiro atoms. The number of esters is 1. The highest BCUT2D eigenvalue weighted by atomic mass is 19.1. The molecule has 4 rings (SSSR count). The molecule has 1 aromatic carbocycles. The number of ether oxygens (including phenoxy) is 2. The van der Waals surface area contributed by atoms with Crippen molar-refractivity contribution >= 4 is 23.1 Å². The fourth-order valence-corrected chi connectivity index (χ4v) is 2.95. The number of nitrogens with two attached hydrogens (primary N) is 1. The smallest absolute Gasteiger partial charge is 0.344 e. The first-order valence-electron chi connectivity index (χ1n) is 8.24. The fraction of sp³-hybridized carbons (Fsp3) is 0.294. The lowest BCUT2D eigenvalue weighted by atomic mass is 10.2. The first-order valence-corrected chi connectivity index (χ1v) is 8.24. The summed E-state index contributed by atoms with van der Waals surface area (Å²) >= 11 is 0. The summed E-state index contributed by atoms with van der Waals surface area (Å²) in [6.07, 6.45) is -1.62. The number of aliphatic hydroxyl groups is 1. The number of aromatic nitrogens is 4. The molecule has 3 aromatic rings. The molecule has 3 N–H and O–H groups in total. The van der Waals surface area contributed by atoms with Gasteiger partial charge >= 0.3 is 5.97 Å².